The lowest BCUT2D eigenvalue weighted by Crippen LogP contribution is -2.32. The summed E-state index contributed by atoms with van der Waals surface area (Å²) < 4.78 is 0. The van der Waals surface area contributed by atoms with E-state index < -0.39 is 0 Å². The Morgan fingerprint density at radius 1 is 1.18 bits per heavy atom. The Hall–Kier alpha value is -0.830. The fraction of sp³-hybridized carbons (Fsp3) is 0.692. The second-order valence-corrected chi connectivity index (χ2v) is 5.21. The van der Waals surface area contributed by atoms with E-state index in [2.05, 4.69) is 49.5 Å². The van der Waals surface area contributed by atoms with Gasteiger partial charge in [-0.05, 0) is 27.7 Å². The van der Waals surface area contributed by atoms with Crippen LogP contribution in [0.15, 0.2) is 0 Å². The minimum absolute atomic E-state index is 0.290. The molecule has 0 unspecified atom stereocenters. The van der Waals surface area contributed by atoms with Gasteiger partial charge in [-0.3, -0.25) is 0 Å². The van der Waals surface area contributed by atoms with Gasteiger partial charge >= 0.3 is 0 Å². The molecule has 0 amide bonds. The summed E-state index contributed by atoms with van der Waals surface area (Å²) in [7, 11) is 0. The number of rotatable bonds is 4. The normalized spacial score (nSPS) is 11.4. The summed E-state index contributed by atoms with van der Waals surface area (Å²) in [5.41, 5.74) is 0.964. The molecule has 1 rings (SSSR count). The molecule has 1 aromatic heterocycles. The Balaban J connectivity index is 3.30. The van der Waals surface area contributed by atoms with Gasteiger partial charge in [0, 0.05) is 24.1 Å². The fourth-order valence-electron chi connectivity index (χ4n) is 1.79. The molecule has 17 heavy (non-hydrogen) atoms. The average molecular weight is 256 g/mol. The summed E-state index contributed by atoms with van der Waals surface area (Å²) in [4.78, 5) is 11.2. The van der Waals surface area contributed by atoms with Crippen LogP contribution in [0.2, 0.25) is 5.15 Å². The Morgan fingerprint density at radius 3 is 2.18 bits per heavy atom. The molecule has 0 spiro atoms. The van der Waals surface area contributed by atoms with Gasteiger partial charge < -0.3 is 4.90 Å². The fourth-order valence-corrected chi connectivity index (χ4v) is 1.96. The van der Waals surface area contributed by atoms with Crippen molar-refractivity contribution in [1.82, 2.24) is 9.97 Å². The van der Waals surface area contributed by atoms with Gasteiger partial charge in [0.2, 0.25) is 0 Å². The van der Waals surface area contributed by atoms with Gasteiger partial charge in [0.25, 0.3) is 0 Å². The van der Waals surface area contributed by atoms with Gasteiger partial charge in [-0.25, -0.2) is 9.97 Å². The second-order valence-electron chi connectivity index (χ2n) is 4.86. The van der Waals surface area contributed by atoms with Crippen LogP contribution in [0.25, 0.3) is 0 Å². The quantitative estimate of drug-likeness (QED) is 0.767. The maximum atomic E-state index is 6.19. The van der Waals surface area contributed by atoms with E-state index in [1.165, 1.54) is 0 Å². The summed E-state index contributed by atoms with van der Waals surface area (Å²) in [6.07, 6.45) is 0. The van der Waals surface area contributed by atoms with E-state index in [0.29, 0.717) is 11.2 Å². The minimum atomic E-state index is 0.290. The van der Waals surface area contributed by atoms with Gasteiger partial charge in [0.15, 0.2) is 0 Å². The molecule has 0 aliphatic heterocycles. The molecule has 0 N–H and O–H groups in total. The Bertz CT molecular complexity index is 388. The van der Waals surface area contributed by atoms with Crippen LogP contribution in [0.5, 0.6) is 0 Å². The smallest absolute Gasteiger partial charge is 0.137 e. The lowest BCUT2D eigenvalue weighted by atomic mass is 10.2. The van der Waals surface area contributed by atoms with Crippen LogP contribution >= 0.6 is 11.6 Å². The summed E-state index contributed by atoms with van der Waals surface area (Å²) in [6, 6.07) is 0.407. The average Bonchev–Trinajstić information content (AvgIpc) is 2.24. The molecule has 0 saturated carbocycles. The van der Waals surface area contributed by atoms with Crippen LogP contribution in [0.1, 0.15) is 51.9 Å². The van der Waals surface area contributed by atoms with E-state index in [9.17, 15) is 0 Å². The first-order valence-electron chi connectivity index (χ1n) is 6.19. The Kier molecular flexibility index (Phi) is 4.75. The molecule has 96 valence electrons. The topological polar surface area (TPSA) is 29.0 Å². The van der Waals surface area contributed by atoms with Gasteiger partial charge in [-0.1, -0.05) is 25.4 Å². The zero-order chi connectivity index (χ0) is 13.2. The van der Waals surface area contributed by atoms with Crippen LogP contribution in [0.4, 0.5) is 5.82 Å². The number of anilines is 1. The predicted octanol–water partition coefficient (Wildman–Crippen LogP) is 3.80. The number of hydrogen-bond donors (Lipinski definition) is 0. The molecule has 1 aromatic rings. The van der Waals surface area contributed by atoms with E-state index in [1.807, 2.05) is 6.92 Å². The van der Waals surface area contributed by atoms with Gasteiger partial charge in [-0.15, -0.1) is 0 Å². The molecule has 1 heterocycles. The van der Waals surface area contributed by atoms with E-state index in [-0.39, 0.29) is 5.92 Å². The third-order valence-corrected chi connectivity index (χ3v) is 3.20. The highest BCUT2D eigenvalue weighted by molar-refractivity contribution is 6.30. The molecule has 0 bridgehead atoms. The lowest BCUT2D eigenvalue weighted by molar-refractivity contribution is 0.676. The maximum Gasteiger partial charge on any atom is 0.137 e. The van der Waals surface area contributed by atoms with Crippen LogP contribution in [-0.2, 0) is 0 Å². The first kappa shape index (κ1) is 14.2. The molecular formula is C13H22ClN3. The highest BCUT2D eigenvalue weighted by Gasteiger charge is 2.17. The minimum Gasteiger partial charge on any atom is -0.354 e. The molecule has 0 atom stereocenters. The van der Waals surface area contributed by atoms with Crippen molar-refractivity contribution in [2.75, 3.05) is 11.4 Å². The summed E-state index contributed by atoms with van der Waals surface area (Å²) >= 11 is 6.19. The van der Waals surface area contributed by atoms with Crippen molar-refractivity contribution in [2.24, 2.45) is 0 Å². The first-order valence-corrected chi connectivity index (χ1v) is 6.56. The number of hydrogen-bond acceptors (Lipinski definition) is 3. The number of aromatic nitrogens is 2. The van der Waals surface area contributed by atoms with E-state index in [0.717, 1.165) is 23.8 Å². The molecule has 0 aliphatic rings. The number of nitrogens with zero attached hydrogens (tertiary/aromatic N) is 3. The third-order valence-electron chi connectivity index (χ3n) is 2.83. The van der Waals surface area contributed by atoms with Crippen molar-refractivity contribution in [3.05, 3.63) is 16.5 Å². The summed E-state index contributed by atoms with van der Waals surface area (Å²) in [5, 5.41) is 0.567. The van der Waals surface area contributed by atoms with Gasteiger partial charge in [0.1, 0.15) is 16.8 Å². The highest BCUT2D eigenvalue weighted by Crippen LogP contribution is 2.26. The van der Waals surface area contributed by atoms with Crippen molar-refractivity contribution in [2.45, 2.75) is 53.5 Å². The lowest BCUT2D eigenvalue weighted by Gasteiger charge is -2.28. The number of halogens is 1. The monoisotopic (exact) mass is 255 g/mol. The largest absolute Gasteiger partial charge is 0.354 e. The van der Waals surface area contributed by atoms with Crippen molar-refractivity contribution in [3.63, 3.8) is 0 Å². The van der Waals surface area contributed by atoms with Crippen molar-refractivity contribution in [3.8, 4) is 0 Å². The maximum absolute atomic E-state index is 6.19. The SMILES string of the molecule is CCN(c1nc(C(C)C)nc(Cl)c1C)C(C)C. The molecule has 0 aliphatic carbocycles. The second kappa shape index (κ2) is 5.67. The molecule has 0 saturated heterocycles. The third kappa shape index (κ3) is 3.09. The van der Waals surface area contributed by atoms with Crippen molar-refractivity contribution < 1.29 is 0 Å². The van der Waals surface area contributed by atoms with E-state index in [4.69, 9.17) is 11.6 Å². The molecule has 4 heteroatoms. The van der Waals surface area contributed by atoms with Crippen molar-refractivity contribution in [1.29, 1.82) is 0 Å². The van der Waals surface area contributed by atoms with Gasteiger partial charge in [-0.2, -0.15) is 0 Å². The molecule has 0 radical (unpaired) electrons. The first-order chi connectivity index (χ1) is 7.88. The Morgan fingerprint density at radius 2 is 1.76 bits per heavy atom. The van der Waals surface area contributed by atoms with Gasteiger partial charge in [0.05, 0.1) is 0 Å². The summed E-state index contributed by atoms with van der Waals surface area (Å²) in [5.74, 6) is 2.07. The zero-order valence-corrected chi connectivity index (χ0v) is 12.3. The highest BCUT2D eigenvalue weighted by atomic mass is 35.5. The van der Waals surface area contributed by atoms with Crippen molar-refractivity contribution >= 4 is 17.4 Å². The molecular weight excluding hydrogens is 234 g/mol. The van der Waals surface area contributed by atoms with Crippen LogP contribution in [0.3, 0.4) is 0 Å². The standard InChI is InChI=1S/C13H22ClN3/c1-7-17(9(4)5)13-10(6)11(14)15-12(16-13)8(2)3/h8-9H,7H2,1-6H3. The molecule has 0 fully saturated rings. The van der Waals surface area contributed by atoms with E-state index in [1.54, 1.807) is 0 Å². The molecule has 3 nitrogen and oxygen atoms in total. The summed E-state index contributed by atoms with van der Waals surface area (Å²) in [6.45, 7) is 13.5. The zero-order valence-electron chi connectivity index (χ0n) is 11.6. The Labute approximate surface area is 109 Å². The molecule has 0 aromatic carbocycles. The predicted molar refractivity (Wildman–Crippen MR) is 74.0 cm³/mol. The van der Waals surface area contributed by atoms with E-state index >= 15 is 0 Å². The van der Waals surface area contributed by atoms with Crippen LogP contribution in [0, 0.1) is 6.92 Å². The van der Waals surface area contributed by atoms with Crippen LogP contribution in [-0.4, -0.2) is 22.6 Å². The van der Waals surface area contributed by atoms with Crippen LogP contribution < -0.4 is 4.90 Å².